The highest BCUT2D eigenvalue weighted by molar-refractivity contribution is 5.84. The van der Waals surface area contributed by atoms with Crippen LogP contribution < -0.4 is 11.1 Å². The van der Waals surface area contributed by atoms with Gasteiger partial charge < -0.3 is 11.1 Å². The normalized spacial score (nSPS) is 15.0. The highest BCUT2D eigenvalue weighted by Gasteiger charge is 2.29. The van der Waals surface area contributed by atoms with Gasteiger partial charge >= 0.3 is 0 Å². The minimum atomic E-state index is -0.554. The molecule has 21 heavy (non-hydrogen) atoms. The van der Waals surface area contributed by atoms with Crippen LogP contribution in [-0.4, -0.2) is 12.5 Å². The molecule has 2 aromatic carbocycles. The molecule has 3 nitrogen and oxygen atoms in total. The van der Waals surface area contributed by atoms with E-state index in [1.54, 1.807) is 0 Å². The van der Waals surface area contributed by atoms with Crippen molar-refractivity contribution in [1.29, 1.82) is 0 Å². The number of benzene rings is 2. The molecule has 0 aromatic heterocycles. The average Bonchev–Trinajstić information content (AvgIpc) is 2.55. The molecule has 0 aliphatic carbocycles. The lowest BCUT2D eigenvalue weighted by Crippen LogP contribution is -2.50. The smallest absolute Gasteiger partial charge is 0.227 e. The summed E-state index contributed by atoms with van der Waals surface area (Å²) in [5, 5.41) is 3.09. The SMILES string of the molecule is CC(C(=O)NC(C)(CN)c1ccccc1)c1ccccc1. The monoisotopic (exact) mass is 282 g/mol. The van der Waals surface area contributed by atoms with Crippen LogP contribution in [0.3, 0.4) is 0 Å². The maximum atomic E-state index is 12.5. The first kappa shape index (κ1) is 15.3. The third kappa shape index (κ3) is 3.50. The Morgan fingerprint density at radius 1 is 1.10 bits per heavy atom. The van der Waals surface area contributed by atoms with Crippen LogP contribution in [0.5, 0.6) is 0 Å². The molecule has 1 amide bonds. The molecular weight excluding hydrogens is 260 g/mol. The number of hydrogen-bond acceptors (Lipinski definition) is 2. The van der Waals surface area contributed by atoms with Crippen molar-refractivity contribution in [3.63, 3.8) is 0 Å². The van der Waals surface area contributed by atoms with Crippen molar-refractivity contribution in [2.45, 2.75) is 25.3 Å². The molecule has 0 saturated heterocycles. The minimum absolute atomic E-state index is 0.0157. The largest absolute Gasteiger partial charge is 0.345 e. The van der Waals surface area contributed by atoms with E-state index in [1.807, 2.05) is 74.5 Å². The van der Waals surface area contributed by atoms with Gasteiger partial charge in [0.15, 0.2) is 0 Å². The van der Waals surface area contributed by atoms with E-state index in [1.165, 1.54) is 0 Å². The second-order valence-electron chi connectivity index (χ2n) is 5.52. The first-order valence-corrected chi connectivity index (χ1v) is 7.19. The van der Waals surface area contributed by atoms with Gasteiger partial charge in [0.05, 0.1) is 11.5 Å². The Hall–Kier alpha value is -2.13. The van der Waals surface area contributed by atoms with Gasteiger partial charge in [-0.25, -0.2) is 0 Å². The van der Waals surface area contributed by atoms with E-state index in [0.29, 0.717) is 6.54 Å². The van der Waals surface area contributed by atoms with Crippen molar-refractivity contribution in [3.05, 3.63) is 71.8 Å². The number of hydrogen-bond donors (Lipinski definition) is 2. The standard InChI is InChI=1S/C18H22N2O/c1-14(15-9-5-3-6-10-15)17(21)20-18(2,13-19)16-11-7-4-8-12-16/h3-12,14H,13,19H2,1-2H3,(H,20,21). The Labute approximate surface area is 126 Å². The molecule has 110 valence electrons. The quantitative estimate of drug-likeness (QED) is 0.886. The second kappa shape index (κ2) is 6.55. The zero-order chi connectivity index (χ0) is 15.3. The van der Waals surface area contributed by atoms with Crippen LogP contribution in [0.1, 0.15) is 30.9 Å². The fourth-order valence-electron chi connectivity index (χ4n) is 2.32. The molecule has 2 rings (SSSR count). The van der Waals surface area contributed by atoms with Crippen molar-refractivity contribution in [3.8, 4) is 0 Å². The fraction of sp³-hybridized carbons (Fsp3) is 0.278. The molecule has 0 aliphatic heterocycles. The summed E-state index contributed by atoms with van der Waals surface area (Å²) in [7, 11) is 0. The summed E-state index contributed by atoms with van der Waals surface area (Å²) >= 11 is 0. The Bertz CT molecular complexity index is 583. The highest BCUT2D eigenvalue weighted by Crippen LogP contribution is 2.22. The van der Waals surface area contributed by atoms with Crippen LogP contribution in [-0.2, 0) is 10.3 Å². The van der Waals surface area contributed by atoms with Gasteiger partial charge in [-0.3, -0.25) is 4.79 Å². The summed E-state index contributed by atoms with van der Waals surface area (Å²) in [5.74, 6) is -0.223. The summed E-state index contributed by atoms with van der Waals surface area (Å²) in [6.45, 7) is 4.22. The molecule has 0 spiro atoms. The van der Waals surface area contributed by atoms with Crippen molar-refractivity contribution in [2.24, 2.45) is 5.73 Å². The summed E-state index contributed by atoms with van der Waals surface area (Å²) < 4.78 is 0. The van der Waals surface area contributed by atoms with E-state index in [2.05, 4.69) is 5.32 Å². The van der Waals surface area contributed by atoms with Gasteiger partial charge in [0.25, 0.3) is 0 Å². The van der Waals surface area contributed by atoms with Crippen LogP contribution >= 0.6 is 0 Å². The zero-order valence-corrected chi connectivity index (χ0v) is 12.5. The van der Waals surface area contributed by atoms with Gasteiger partial charge in [0.2, 0.25) is 5.91 Å². The maximum absolute atomic E-state index is 12.5. The lowest BCUT2D eigenvalue weighted by molar-refractivity contribution is -0.124. The van der Waals surface area contributed by atoms with Crippen molar-refractivity contribution < 1.29 is 4.79 Å². The molecule has 0 fully saturated rings. The van der Waals surface area contributed by atoms with E-state index in [0.717, 1.165) is 11.1 Å². The van der Waals surface area contributed by atoms with Gasteiger partial charge in [-0.2, -0.15) is 0 Å². The lowest BCUT2D eigenvalue weighted by atomic mass is 9.90. The predicted molar refractivity (Wildman–Crippen MR) is 85.8 cm³/mol. The van der Waals surface area contributed by atoms with E-state index < -0.39 is 5.54 Å². The Kier molecular flexibility index (Phi) is 4.76. The van der Waals surface area contributed by atoms with Crippen molar-refractivity contribution in [1.82, 2.24) is 5.32 Å². The van der Waals surface area contributed by atoms with Crippen LogP contribution in [0.4, 0.5) is 0 Å². The summed E-state index contributed by atoms with van der Waals surface area (Å²) in [5.41, 5.74) is 7.37. The number of carbonyl (C=O) groups excluding carboxylic acids is 1. The number of nitrogens with one attached hydrogen (secondary N) is 1. The number of carbonyl (C=O) groups is 1. The minimum Gasteiger partial charge on any atom is -0.345 e. The van der Waals surface area contributed by atoms with Gasteiger partial charge in [-0.15, -0.1) is 0 Å². The van der Waals surface area contributed by atoms with Gasteiger partial charge in [-0.05, 0) is 25.0 Å². The van der Waals surface area contributed by atoms with Crippen LogP contribution in [0.2, 0.25) is 0 Å². The van der Waals surface area contributed by atoms with Crippen LogP contribution in [0, 0.1) is 0 Å². The van der Waals surface area contributed by atoms with Gasteiger partial charge in [-0.1, -0.05) is 60.7 Å². The lowest BCUT2D eigenvalue weighted by Gasteiger charge is -2.31. The molecule has 3 heteroatoms. The molecular formula is C18H22N2O. The van der Waals surface area contributed by atoms with E-state index in [4.69, 9.17) is 5.73 Å². The van der Waals surface area contributed by atoms with Crippen LogP contribution in [0.25, 0.3) is 0 Å². The molecule has 0 bridgehead atoms. The molecule has 2 unspecified atom stereocenters. The van der Waals surface area contributed by atoms with Gasteiger partial charge in [0, 0.05) is 6.54 Å². The number of amides is 1. The molecule has 0 radical (unpaired) electrons. The maximum Gasteiger partial charge on any atom is 0.227 e. The number of nitrogens with two attached hydrogens (primary N) is 1. The predicted octanol–water partition coefficient (Wildman–Crippen LogP) is 2.78. The molecule has 3 N–H and O–H groups in total. The second-order valence-corrected chi connectivity index (χ2v) is 5.52. The Morgan fingerprint density at radius 3 is 2.14 bits per heavy atom. The summed E-state index contributed by atoms with van der Waals surface area (Å²) in [6.07, 6.45) is 0. The van der Waals surface area contributed by atoms with Gasteiger partial charge in [0.1, 0.15) is 0 Å². The summed E-state index contributed by atoms with van der Waals surface area (Å²) in [4.78, 5) is 12.5. The third-order valence-corrected chi connectivity index (χ3v) is 3.91. The van der Waals surface area contributed by atoms with Crippen LogP contribution in [0.15, 0.2) is 60.7 Å². The fourth-order valence-corrected chi connectivity index (χ4v) is 2.32. The molecule has 2 aromatic rings. The number of rotatable bonds is 5. The first-order valence-electron chi connectivity index (χ1n) is 7.19. The average molecular weight is 282 g/mol. The Balaban J connectivity index is 2.17. The Morgan fingerprint density at radius 2 is 1.62 bits per heavy atom. The first-order chi connectivity index (χ1) is 10.1. The third-order valence-electron chi connectivity index (χ3n) is 3.91. The molecule has 0 saturated carbocycles. The topological polar surface area (TPSA) is 55.1 Å². The van der Waals surface area contributed by atoms with E-state index in [9.17, 15) is 4.79 Å². The summed E-state index contributed by atoms with van der Waals surface area (Å²) in [6, 6.07) is 19.6. The van der Waals surface area contributed by atoms with E-state index in [-0.39, 0.29) is 11.8 Å². The molecule has 2 atom stereocenters. The van der Waals surface area contributed by atoms with E-state index >= 15 is 0 Å². The molecule has 0 aliphatic rings. The van der Waals surface area contributed by atoms with Crippen molar-refractivity contribution in [2.75, 3.05) is 6.54 Å². The highest BCUT2D eigenvalue weighted by atomic mass is 16.2. The van der Waals surface area contributed by atoms with Crippen molar-refractivity contribution >= 4 is 5.91 Å². The zero-order valence-electron chi connectivity index (χ0n) is 12.5. The molecule has 0 heterocycles.